The predicted octanol–water partition coefficient (Wildman–Crippen LogP) is 2.43. The number of Topliss-reactive ketones (excluding diaryl/α,β-unsaturated/α-hetero) is 1. The molecule has 0 heterocycles. The molecule has 0 fully saturated rings. The molecule has 0 aromatic heterocycles. The Hall–Kier alpha value is -1.31. The third-order valence-corrected chi connectivity index (χ3v) is 2.20. The van der Waals surface area contributed by atoms with Gasteiger partial charge in [0.05, 0.1) is 0 Å². The minimum Gasteiger partial charge on any atom is -0.399 e. The molecule has 0 saturated carbocycles. The topological polar surface area (TPSA) is 43.1 Å². The van der Waals surface area contributed by atoms with Crippen molar-refractivity contribution in [3.8, 4) is 0 Å². The standard InChI is InChI=1S/C12H17NO/c1-9(7-10(2)14)8-11-3-5-12(13)6-4-11/h3-6,9H,7-8,13H2,1-2H3. The molecule has 1 aromatic rings. The number of rotatable bonds is 4. The molecule has 76 valence electrons. The second-order valence-electron chi connectivity index (χ2n) is 3.96. The van der Waals surface area contributed by atoms with E-state index >= 15 is 0 Å². The number of nitrogens with two attached hydrogens (primary N) is 1. The summed E-state index contributed by atoms with van der Waals surface area (Å²) in [4.78, 5) is 10.9. The van der Waals surface area contributed by atoms with Crippen LogP contribution in [0.2, 0.25) is 0 Å². The van der Waals surface area contributed by atoms with Gasteiger partial charge in [-0.15, -0.1) is 0 Å². The zero-order valence-electron chi connectivity index (χ0n) is 8.79. The molecule has 0 aliphatic rings. The largest absolute Gasteiger partial charge is 0.399 e. The number of hydrogen-bond acceptors (Lipinski definition) is 2. The van der Waals surface area contributed by atoms with Crippen LogP contribution in [0, 0.1) is 5.92 Å². The maximum absolute atomic E-state index is 10.9. The van der Waals surface area contributed by atoms with Crippen molar-refractivity contribution in [1.29, 1.82) is 0 Å². The average molecular weight is 191 g/mol. The van der Waals surface area contributed by atoms with Gasteiger partial charge < -0.3 is 10.5 Å². The molecule has 2 N–H and O–H groups in total. The third-order valence-electron chi connectivity index (χ3n) is 2.20. The Bertz CT molecular complexity index is 303. The Kier molecular flexibility index (Phi) is 3.69. The Labute approximate surface area is 85.1 Å². The summed E-state index contributed by atoms with van der Waals surface area (Å²) in [5, 5.41) is 0. The second kappa shape index (κ2) is 4.80. The summed E-state index contributed by atoms with van der Waals surface area (Å²) in [6.45, 7) is 3.73. The van der Waals surface area contributed by atoms with Gasteiger partial charge >= 0.3 is 0 Å². The van der Waals surface area contributed by atoms with Crippen LogP contribution < -0.4 is 5.73 Å². The van der Waals surface area contributed by atoms with Gasteiger partial charge in [0.2, 0.25) is 0 Å². The average Bonchev–Trinajstić information content (AvgIpc) is 2.07. The van der Waals surface area contributed by atoms with E-state index in [1.165, 1.54) is 5.56 Å². The van der Waals surface area contributed by atoms with Crippen molar-refractivity contribution >= 4 is 11.5 Å². The molecular weight excluding hydrogens is 174 g/mol. The smallest absolute Gasteiger partial charge is 0.130 e. The highest BCUT2D eigenvalue weighted by Crippen LogP contribution is 2.13. The first-order valence-electron chi connectivity index (χ1n) is 4.92. The van der Waals surface area contributed by atoms with Crippen molar-refractivity contribution < 1.29 is 4.79 Å². The van der Waals surface area contributed by atoms with Crippen LogP contribution in [0.4, 0.5) is 5.69 Å². The SMILES string of the molecule is CC(=O)CC(C)Cc1ccc(N)cc1. The number of ketones is 1. The molecule has 1 atom stereocenters. The summed E-state index contributed by atoms with van der Waals surface area (Å²) >= 11 is 0. The highest BCUT2D eigenvalue weighted by Gasteiger charge is 2.05. The van der Waals surface area contributed by atoms with Crippen molar-refractivity contribution in [2.75, 3.05) is 5.73 Å². The molecule has 0 radical (unpaired) electrons. The molecule has 0 saturated heterocycles. The van der Waals surface area contributed by atoms with Crippen LogP contribution in [0.15, 0.2) is 24.3 Å². The van der Waals surface area contributed by atoms with E-state index in [0.29, 0.717) is 12.3 Å². The van der Waals surface area contributed by atoms with Crippen LogP contribution in [-0.2, 0) is 11.2 Å². The minimum atomic E-state index is 0.257. The summed E-state index contributed by atoms with van der Waals surface area (Å²) < 4.78 is 0. The molecule has 0 aliphatic heterocycles. The maximum Gasteiger partial charge on any atom is 0.130 e. The normalized spacial score (nSPS) is 12.4. The van der Waals surface area contributed by atoms with Gasteiger partial charge in [0.1, 0.15) is 5.78 Å². The lowest BCUT2D eigenvalue weighted by atomic mass is 9.96. The summed E-state index contributed by atoms with van der Waals surface area (Å²) in [7, 11) is 0. The Morgan fingerprint density at radius 2 is 1.93 bits per heavy atom. The van der Waals surface area contributed by atoms with Gasteiger partial charge in [0.25, 0.3) is 0 Å². The highest BCUT2D eigenvalue weighted by molar-refractivity contribution is 5.75. The number of nitrogen functional groups attached to an aromatic ring is 1. The number of carbonyl (C=O) groups excluding carboxylic acids is 1. The van der Waals surface area contributed by atoms with Crippen LogP contribution in [0.5, 0.6) is 0 Å². The Morgan fingerprint density at radius 1 is 1.36 bits per heavy atom. The quantitative estimate of drug-likeness (QED) is 0.743. The van der Waals surface area contributed by atoms with E-state index in [1.54, 1.807) is 6.92 Å². The van der Waals surface area contributed by atoms with Crippen LogP contribution >= 0.6 is 0 Å². The molecule has 2 nitrogen and oxygen atoms in total. The zero-order valence-corrected chi connectivity index (χ0v) is 8.79. The van der Waals surface area contributed by atoms with Gasteiger partial charge in [-0.25, -0.2) is 0 Å². The molecule has 0 bridgehead atoms. The summed E-state index contributed by atoms with van der Waals surface area (Å²) in [5.41, 5.74) is 7.61. The summed E-state index contributed by atoms with van der Waals surface area (Å²) in [6, 6.07) is 7.84. The fraction of sp³-hybridized carbons (Fsp3) is 0.417. The van der Waals surface area contributed by atoms with Gasteiger partial charge in [-0.2, -0.15) is 0 Å². The first-order chi connectivity index (χ1) is 6.58. The Balaban J connectivity index is 2.51. The lowest BCUT2D eigenvalue weighted by molar-refractivity contribution is -0.117. The minimum absolute atomic E-state index is 0.257. The van der Waals surface area contributed by atoms with E-state index in [1.807, 2.05) is 24.3 Å². The molecule has 2 heteroatoms. The van der Waals surface area contributed by atoms with Crippen molar-refractivity contribution in [2.45, 2.75) is 26.7 Å². The lowest BCUT2D eigenvalue weighted by Crippen LogP contribution is -2.05. The van der Waals surface area contributed by atoms with E-state index in [4.69, 9.17) is 5.73 Å². The molecule has 0 spiro atoms. The van der Waals surface area contributed by atoms with E-state index in [9.17, 15) is 4.79 Å². The predicted molar refractivity (Wildman–Crippen MR) is 59.0 cm³/mol. The van der Waals surface area contributed by atoms with Gasteiger partial charge in [-0.05, 0) is 37.0 Å². The van der Waals surface area contributed by atoms with E-state index in [2.05, 4.69) is 6.92 Å². The Morgan fingerprint density at radius 3 is 2.43 bits per heavy atom. The first kappa shape index (κ1) is 10.8. The van der Waals surface area contributed by atoms with Gasteiger partial charge in [0.15, 0.2) is 0 Å². The van der Waals surface area contributed by atoms with Crippen molar-refractivity contribution in [1.82, 2.24) is 0 Å². The second-order valence-corrected chi connectivity index (χ2v) is 3.96. The van der Waals surface area contributed by atoms with E-state index < -0.39 is 0 Å². The van der Waals surface area contributed by atoms with E-state index in [0.717, 1.165) is 12.1 Å². The van der Waals surface area contributed by atoms with Crippen LogP contribution in [0.1, 0.15) is 25.8 Å². The lowest BCUT2D eigenvalue weighted by Gasteiger charge is -2.09. The van der Waals surface area contributed by atoms with Crippen LogP contribution in [0.3, 0.4) is 0 Å². The number of hydrogen-bond donors (Lipinski definition) is 1. The maximum atomic E-state index is 10.9. The molecule has 1 aromatic carbocycles. The van der Waals surface area contributed by atoms with Crippen LogP contribution in [0.25, 0.3) is 0 Å². The van der Waals surface area contributed by atoms with E-state index in [-0.39, 0.29) is 5.78 Å². The number of carbonyl (C=O) groups is 1. The number of anilines is 1. The molecule has 14 heavy (non-hydrogen) atoms. The molecular formula is C12H17NO. The van der Waals surface area contributed by atoms with Gasteiger partial charge in [-0.3, -0.25) is 0 Å². The van der Waals surface area contributed by atoms with Crippen molar-refractivity contribution in [3.63, 3.8) is 0 Å². The molecule has 1 unspecified atom stereocenters. The van der Waals surface area contributed by atoms with Crippen molar-refractivity contribution in [3.05, 3.63) is 29.8 Å². The fourth-order valence-electron chi connectivity index (χ4n) is 1.62. The third kappa shape index (κ3) is 3.60. The van der Waals surface area contributed by atoms with Gasteiger partial charge in [-0.1, -0.05) is 19.1 Å². The molecule has 0 aliphatic carbocycles. The number of benzene rings is 1. The fourth-order valence-corrected chi connectivity index (χ4v) is 1.62. The highest BCUT2D eigenvalue weighted by atomic mass is 16.1. The molecule has 0 amide bonds. The summed E-state index contributed by atoms with van der Waals surface area (Å²) in [5.74, 6) is 0.670. The first-order valence-corrected chi connectivity index (χ1v) is 4.92. The zero-order chi connectivity index (χ0) is 10.6. The van der Waals surface area contributed by atoms with Gasteiger partial charge in [0, 0.05) is 12.1 Å². The monoisotopic (exact) mass is 191 g/mol. The van der Waals surface area contributed by atoms with Crippen molar-refractivity contribution in [2.24, 2.45) is 5.92 Å². The molecule has 1 rings (SSSR count). The van der Waals surface area contributed by atoms with Crippen LogP contribution in [-0.4, -0.2) is 5.78 Å². The summed E-state index contributed by atoms with van der Waals surface area (Å²) in [6.07, 6.45) is 1.60.